The van der Waals surface area contributed by atoms with Crippen LogP contribution in [0.4, 0.5) is 0 Å². The van der Waals surface area contributed by atoms with Gasteiger partial charge in [-0.3, -0.25) is 0 Å². The van der Waals surface area contributed by atoms with Crippen LogP contribution in [0.2, 0.25) is 0 Å². The predicted molar refractivity (Wildman–Crippen MR) is 12.8 cm³/mol. The third kappa shape index (κ3) is 166. The summed E-state index contributed by atoms with van der Waals surface area (Å²) >= 11 is 8.53. The molecule has 0 aliphatic rings. The summed E-state index contributed by atoms with van der Waals surface area (Å²) in [5, 5.41) is 0. The van der Waals surface area contributed by atoms with Gasteiger partial charge < -0.3 is 99.3 Å². The Kier molecular flexibility index (Phi) is 1090. The second-order valence-corrected chi connectivity index (χ2v) is 0.525. The van der Waals surface area contributed by atoms with Gasteiger partial charge in [0.15, 0.2) is 0 Å². The molecule has 0 aromatic heterocycles. The van der Waals surface area contributed by atoms with Crippen molar-refractivity contribution in [2.24, 2.45) is 0 Å². The van der Waals surface area contributed by atoms with Crippen LogP contribution in [0.5, 0.6) is 0 Å². The van der Waals surface area contributed by atoms with Gasteiger partial charge in [0.1, 0.15) is 0 Å². The molecule has 13 heavy (non-hydrogen) atoms. The molecule has 0 heterocycles. The fourth-order valence-corrected chi connectivity index (χ4v) is 0. The zero-order chi connectivity index (χ0) is 2.71. The normalized spacial score (nSPS) is 1.38. The van der Waals surface area contributed by atoms with Crippen LogP contribution in [-0.2, 0) is 56.2 Å². The molecule has 0 amide bonds. The molecule has 84 valence electrons. The summed E-state index contributed by atoms with van der Waals surface area (Å²) in [6.45, 7) is 0. The molecule has 0 saturated heterocycles. The Morgan fingerprint density at radius 2 is 0.462 bits per heavy atom. The number of halogens is 10. The summed E-state index contributed by atoms with van der Waals surface area (Å²) in [5.74, 6) is 0. The molecule has 0 radical (unpaired) electrons. The molecular weight excluding hydrogens is 553 g/mol. The third-order valence-electron chi connectivity index (χ3n) is 0. The van der Waals surface area contributed by atoms with Crippen LogP contribution >= 0.6 is 23.7 Å². The molecule has 0 spiro atoms. The van der Waals surface area contributed by atoms with Crippen molar-refractivity contribution in [3.63, 3.8) is 0 Å². The minimum Gasteiger partial charge on any atom is -1.00 e. The number of rotatable bonds is 0. The van der Waals surface area contributed by atoms with E-state index in [1.54, 1.807) is 0 Å². The van der Waals surface area contributed by atoms with Gasteiger partial charge in [-0.2, -0.15) is 3.84 Å². The molecule has 13 heteroatoms. The maximum absolute atomic E-state index is 4.26. The molecule has 0 aromatic rings. The molecule has 0 fully saturated rings. The first-order valence-electron chi connectivity index (χ1n) is 0.309. The van der Waals surface area contributed by atoms with Crippen molar-refractivity contribution >= 4 is 23.7 Å². The van der Waals surface area contributed by atoms with Gasteiger partial charge in [-0.05, 0) is 0 Å². The van der Waals surface area contributed by atoms with E-state index in [1.807, 2.05) is 0 Å². The second-order valence-electron chi connectivity index (χ2n) is 0.0583. The van der Waals surface area contributed by atoms with E-state index in [1.165, 1.54) is 0 Å². The molecule has 0 atom stereocenters. The number of hydrogen-bond acceptors (Lipinski definition) is 1. The Morgan fingerprint density at radius 3 is 0.462 bits per heavy atom. The molecule has 0 aliphatic heterocycles. The van der Waals surface area contributed by atoms with E-state index in [9.17, 15) is 0 Å². The molecule has 0 N–H and O–H groups in total. The Hall–Kier alpha value is 4.63. The van der Waals surface area contributed by atoms with Crippen LogP contribution in [0.3, 0.4) is 0 Å². The smallest absolute Gasteiger partial charge is 1.00 e. The van der Waals surface area contributed by atoms with E-state index in [0.717, 1.165) is 0 Å². The molecule has 0 unspecified atom stereocenters. The zero-order valence-electron chi connectivity index (χ0n) is 5.19. The molecule has 0 bridgehead atoms. The summed E-state index contributed by atoms with van der Waals surface area (Å²) in [6.07, 6.45) is 0. The monoisotopic (exact) mass is 545 g/mol. The first kappa shape index (κ1) is 111. The van der Waals surface area contributed by atoms with E-state index in [0.29, 0.717) is 0 Å². The summed E-state index contributed by atoms with van der Waals surface area (Å²) in [6, 6.07) is 0. The summed E-state index contributed by atoms with van der Waals surface area (Å²) < 4.78 is 3.19. The van der Waals surface area contributed by atoms with Crippen LogP contribution in [0.15, 0.2) is 0 Å². The van der Waals surface area contributed by atoms with Crippen molar-refractivity contribution in [1.82, 2.24) is 0 Å². The fraction of sp³-hybridized carbons (Fsp3) is 0. The second kappa shape index (κ2) is 128. The zero-order valence-corrected chi connectivity index (χ0v) is 17.7. The van der Waals surface area contributed by atoms with Crippen molar-refractivity contribution < 1.29 is 156 Å². The van der Waals surface area contributed by atoms with Crippen molar-refractivity contribution in [1.29, 1.82) is 0 Å². The van der Waals surface area contributed by atoms with Crippen molar-refractivity contribution in [3.05, 3.63) is 0 Å². The minimum absolute atomic E-state index is 0. The van der Waals surface area contributed by atoms with Crippen LogP contribution in [0.25, 0.3) is 0 Å². The Morgan fingerprint density at radius 1 is 0.462 bits per heavy atom. The largest absolute Gasteiger partial charge is 4.00 e. The molecule has 0 rings (SSSR count). The van der Waals surface area contributed by atoms with E-state index >= 15 is 0 Å². The fourth-order valence-electron chi connectivity index (χ4n) is 0. The number of hydrogen-bond donors (Lipinski definition) is 0. The van der Waals surface area contributed by atoms with Crippen molar-refractivity contribution in [2.75, 3.05) is 0 Å². The van der Waals surface area contributed by atoms with Crippen LogP contribution < -0.4 is 99.3 Å². The topological polar surface area (TPSA) is 9.23 Å². The first-order valence-corrected chi connectivity index (χ1v) is 0.926. The van der Waals surface area contributed by atoms with Crippen molar-refractivity contribution in [2.45, 2.75) is 0 Å². The van der Waals surface area contributed by atoms with E-state index in [4.69, 9.17) is 0 Å². The Bertz CT molecular complexity index is 12.9. The van der Waals surface area contributed by atoms with E-state index in [-0.39, 0.29) is 152 Å². The molecule has 0 aliphatic carbocycles. The molecule has 0 aromatic carbocycles. The molecule has 0 saturated carbocycles. The average Bonchev–Trinajstić information content (AvgIpc) is 0.918. The molecular formula is Cl10OZr2. The maximum atomic E-state index is 4.26. The summed E-state index contributed by atoms with van der Waals surface area (Å²) in [4.78, 5) is 0. The van der Waals surface area contributed by atoms with Gasteiger partial charge in [0, 0.05) is 0 Å². The predicted octanol–water partition coefficient (Wildman–Crippen LogP) is -22.7. The SMILES string of the molecule is ClOCl.[Cl-].[Cl-].[Cl-].[Cl-].[Cl-].[Cl-].[Cl-].[Cl-].[Zr+4].[Zr+4]. The quantitative estimate of drug-likeness (QED) is 0.290. The van der Waals surface area contributed by atoms with Crippen molar-refractivity contribution in [3.8, 4) is 0 Å². The van der Waals surface area contributed by atoms with Gasteiger partial charge >= 0.3 is 52.4 Å². The van der Waals surface area contributed by atoms with E-state index < -0.39 is 0 Å². The Labute approximate surface area is 176 Å². The summed E-state index contributed by atoms with van der Waals surface area (Å²) in [5.41, 5.74) is 0. The molecule has 1 nitrogen and oxygen atoms in total. The van der Waals surface area contributed by atoms with Gasteiger partial charge in [-0.15, -0.1) is 0 Å². The van der Waals surface area contributed by atoms with Gasteiger partial charge in [0.05, 0.1) is 23.7 Å². The summed E-state index contributed by atoms with van der Waals surface area (Å²) in [7, 11) is 0. The maximum Gasteiger partial charge on any atom is 4.00 e. The van der Waals surface area contributed by atoms with Gasteiger partial charge in [0.2, 0.25) is 0 Å². The average molecular weight is 553 g/mol. The van der Waals surface area contributed by atoms with Gasteiger partial charge in [-0.1, -0.05) is 0 Å². The van der Waals surface area contributed by atoms with Crippen LogP contribution in [-0.4, -0.2) is 0 Å². The van der Waals surface area contributed by atoms with Crippen LogP contribution in [0, 0.1) is 0 Å². The van der Waals surface area contributed by atoms with Crippen LogP contribution in [0.1, 0.15) is 0 Å². The van der Waals surface area contributed by atoms with E-state index in [2.05, 4.69) is 27.6 Å². The standard InChI is InChI=1S/Cl2O.8ClH.2Zr/c1-3-2;;;;;;;;;;/h;8*1H;;/q;;;;;;;;;2*+4/p-8. The van der Waals surface area contributed by atoms with Gasteiger partial charge in [0.25, 0.3) is 0 Å². The van der Waals surface area contributed by atoms with Gasteiger partial charge in [-0.25, -0.2) is 0 Å². The minimum atomic E-state index is 0. The third-order valence-corrected chi connectivity index (χ3v) is 0. The first-order chi connectivity index (χ1) is 1.41. The Balaban J connectivity index is -0.000000000444.